The highest BCUT2D eigenvalue weighted by atomic mass is 15.2. The Labute approximate surface area is 131 Å². The first-order valence-corrected chi connectivity index (χ1v) is 6.62. The zero-order chi connectivity index (χ0) is 16.7. The van der Waals surface area contributed by atoms with E-state index < -0.39 is 0 Å². The molecule has 0 fully saturated rings. The second-order valence-corrected chi connectivity index (χ2v) is 4.26. The normalized spacial score (nSPS) is 11.5. The fourth-order valence-corrected chi connectivity index (χ4v) is 1.50. The summed E-state index contributed by atoms with van der Waals surface area (Å²) in [6, 6.07) is 0. The fraction of sp³-hybridized carbons (Fsp3) is 0.273. The van der Waals surface area contributed by atoms with E-state index in [9.17, 15) is 0 Å². The van der Waals surface area contributed by atoms with Crippen molar-refractivity contribution in [2.45, 2.75) is 19.3 Å². The maximum Gasteiger partial charge on any atom is 0.255 e. The van der Waals surface area contributed by atoms with Crippen LogP contribution >= 0.6 is 0 Å². The predicted octanol–water partition coefficient (Wildman–Crippen LogP) is -0.340. The zero-order valence-corrected chi connectivity index (χ0v) is 12.2. The molecule has 0 saturated heterocycles. The van der Waals surface area contributed by atoms with Crippen LogP contribution in [0.4, 0.5) is 35.7 Å². The molecule has 0 aliphatic rings. The number of nitrogens with zero attached hydrogens (tertiary/aromatic N) is 8. The molecule has 0 spiro atoms. The van der Waals surface area contributed by atoms with Gasteiger partial charge in [0, 0.05) is 12.4 Å². The minimum Gasteiger partial charge on any atom is -0.368 e. The molecule has 0 saturated carbocycles. The lowest BCUT2D eigenvalue weighted by molar-refractivity contribution is 0.938. The van der Waals surface area contributed by atoms with E-state index in [1.807, 2.05) is 0 Å². The van der Waals surface area contributed by atoms with Crippen LogP contribution in [0.25, 0.3) is 0 Å². The van der Waals surface area contributed by atoms with Crippen molar-refractivity contribution in [2.24, 2.45) is 9.98 Å². The highest BCUT2D eigenvalue weighted by Gasteiger charge is 1.99. The van der Waals surface area contributed by atoms with Crippen molar-refractivity contribution in [1.82, 2.24) is 29.9 Å². The predicted molar refractivity (Wildman–Crippen MR) is 87.5 cm³/mol. The summed E-state index contributed by atoms with van der Waals surface area (Å²) in [6.07, 6.45) is 5.53. The van der Waals surface area contributed by atoms with E-state index in [1.54, 1.807) is 12.4 Å². The van der Waals surface area contributed by atoms with Gasteiger partial charge in [0.15, 0.2) is 0 Å². The lowest BCUT2D eigenvalue weighted by Gasteiger charge is -1.96. The van der Waals surface area contributed by atoms with Crippen molar-refractivity contribution in [3.05, 3.63) is 0 Å². The van der Waals surface area contributed by atoms with Crippen LogP contribution in [0.5, 0.6) is 0 Å². The van der Waals surface area contributed by atoms with Crippen molar-refractivity contribution < 1.29 is 0 Å². The van der Waals surface area contributed by atoms with Crippen LogP contribution in [0.2, 0.25) is 0 Å². The van der Waals surface area contributed by atoms with E-state index in [-0.39, 0.29) is 35.7 Å². The molecule has 120 valence electrons. The summed E-state index contributed by atoms with van der Waals surface area (Å²) in [5, 5.41) is 0. The Bertz CT molecular complexity index is 623. The molecule has 8 N–H and O–H groups in total. The van der Waals surface area contributed by atoms with Gasteiger partial charge in [-0.1, -0.05) is 0 Å². The smallest absolute Gasteiger partial charge is 0.255 e. The van der Waals surface area contributed by atoms with Gasteiger partial charge in [0.05, 0.1) is 0 Å². The molecule has 2 aromatic rings. The summed E-state index contributed by atoms with van der Waals surface area (Å²) in [5.74, 6) is 0.500. The number of rotatable bonds is 6. The molecular weight excluding hydrogens is 300 g/mol. The zero-order valence-electron chi connectivity index (χ0n) is 12.2. The van der Waals surface area contributed by atoms with Gasteiger partial charge in [-0.2, -0.15) is 29.9 Å². The summed E-state index contributed by atoms with van der Waals surface area (Å²) in [5.41, 5.74) is 21.8. The molecule has 0 bridgehead atoms. The summed E-state index contributed by atoms with van der Waals surface area (Å²) >= 11 is 0. The van der Waals surface area contributed by atoms with Crippen molar-refractivity contribution >= 4 is 48.1 Å². The Morgan fingerprint density at radius 2 is 0.957 bits per heavy atom. The van der Waals surface area contributed by atoms with Gasteiger partial charge in [0.1, 0.15) is 0 Å². The fourth-order valence-electron chi connectivity index (χ4n) is 1.50. The summed E-state index contributed by atoms with van der Waals surface area (Å²) in [4.78, 5) is 30.7. The van der Waals surface area contributed by atoms with Crippen LogP contribution in [0.1, 0.15) is 19.3 Å². The van der Waals surface area contributed by atoms with Gasteiger partial charge in [-0.05, 0) is 19.3 Å². The van der Waals surface area contributed by atoms with Crippen molar-refractivity contribution in [3.63, 3.8) is 0 Å². The number of nitrogens with two attached hydrogens (primary N) is 4. The number of hydrogen-bond donors (Lipinski definition) is 4. The molecular formula is C11H16N12. The van der Waals surface area contributed by atoms with Gasteiger partial charge in [-0.15, -0.1) is 0 Å². The molecule has 2 aromatic heterocycles. The topological polar surface area (TPSA) is 206 Å². The molecule has 2 rings (SSSR count). The van der Waals surface area contributed by atoms with Crippen molar-refractivity contribution in [1.29, 1.82) is 0 Å². The van der Waals surface area contributed by atoms with Crippen LogP contribution in [0.15, 0.2) is 9.98 Å². The minimum absolute atomic E-state index is 0.0349. The first-order chi connectivity index (χ1) is 11.0. The lowest BCUT2D eigenvalue weighted by atomic mass is 10.3. The van der Waals surface area contributed by atoms with E-state index in [4.69, 9.17) is 22.9 Å². The second kappa shape index (κ2) is 7.53. The number of anilines is 4. The maximum atomic E-state index is 5.44. The van der Waals surface area contributed by atoms with Crippen LogP contribution in [0, 0.1) is 0 Å². The Balaban J connectivity index is 1.77. The Hall–Kier alpha value is -3.44. The van der Waals surface area contributed by atoms with Gasteiger partial charge in [0.2, 0.25) is 23.8 Å². The number of unbranched alkanes of at least 4 members (excludes halogenated alkanes) is 2. The van der Waals surface area contributed by atoms with Crippen molar-refractivity contribution in [2.75, 3.05) is 22.9 Å². The quantitative estimate of drug-likeness (QED) is 0.402. The molecule has 12 heteroatoms. The average Bonchev–Trinajstić information content (AvgIpc) is 2.44. The first kappa shape index (κ1) is 15.9. The van der Waals surface area contributed by atoms with Gasteiger partial charge in [-0.3, -0.25) is 0 Å². The Morgan fingerprint density at radius 1 is 0.609 bits per heavy atom. The van der Waals surface area contributed by atoms with E-state index >= 15 is 0 Å². The molecule has 0 amide bonds. The Kier molecular flexibility index (Phi) is 5.22. The third-order valence-corrected chi connectivity index (χ3v) is 2.40. The van der Waals surface area contributed by atoms with E-state index in [0.717, 1.165) is 6.42 Å². The monoisotopic (exact) mass is 316 g/mol. The van der Waals surface area contributed by atoms with Crippen LogP contribution in [-0.2, 0) is 0 Å². The number of hydrogen-bond acceptors (Lipinski definition) is 12. The molecule has 0 aliphatic heterocycles. The number of nitrogen functional groups attached to an aromatic ring is 4. The lowest BCUT2D eigenvalue weighted by Crippen LogP contribution is -2.01. The van der Waals surface area contributed by atoms with Gasteiger partial charge >= 0.3 is 0 Å². The SMILES string of the molecule is Nc1nc(N)nc(/N=C\CCC/C=N\c2nc(N)nc(N)n2)n1. The average molecular weight is 316 g/mol. The van der Waals surface area contributed by atoms with Crippen molar-refractivity contribution in [3.8, 4) is 0 Å². The summed E-state index contributed by atoms with van der Waals surface area (Å²) in [6.45, 7) is 0. The van der Waals surface area contributed by atoms with Gasteiger partial charge in [0.25, 0.3) is 11.9 Å². The van der Waals surface area contributed by atoms with Gasteiger partial charge < -0.3 is 22.9 Å². The second-order valence-electron chi connectivity index (χ2n) is 4.26. The van der Waals surface area contributed by atoms with E-state index in [2.05, 4.69) is 39.9 Å². The summed E-state index contributed by atoms with van der Waals surface area (Å²) < 4.78 is 0. The maximum absolute atomic E-state index is 5.44. The third-order valence-electron chi connectivity index (χ3n) is 2.40. The number of aliphatic imine (C=N–C) groups is 2. The minimum atomic E-state index is 0.0349. The van der Waals surface area contributed by atoms with E-state index in [1.165, 1.54) is 0 Å². The number of aromatic nitrogens is 6. The highest BCUT2D eigenvalue weighted by molar-refractivity contribution is 5.64. The van der Waals surface area contributed by atoms with Crippen LogP contribution in [0.3, 0.4) is 0 Å². The molecule has 0 aromatic carbocycles. The van der Waals surface area contributed by atoms with Gasteiger partial charge in [-0.25, -0.2) is 9.98 Å². The highest BCUT2D eigenvalue weighted by Crippen LogP contribution is 2.08. The molecule has 0 unspecified atom stereocenters. The molecule has 23 heavy (non-hydrogen) atoms. The molecule has 0 radical (unpaired) electrons. The summed E-state index contributed by atoms with van der Waals surface area (Å²) in [7, 11) is 0. The molecule has 12 nitrogen and oxygen atoms in total. The largest absolute Gasteiger partial charge is 0.368 e. The Morgan fingerprint density at radius 3 is 1.30 bits per heavy atom. The van der Waals surface area contributed by atoms with E-state index in [0.29, 0.717) is 12.8 Å². The standard InChI is InChI=1S/C11H16N12/c12-6-18-7(13)21-10(20-6)16-4-2-1-3-5-17-11-22-8(14)19-9(15)23-11/h4-5H,1-3H2,(H4,12,13,18,20,21)(H4,14,15,19,22,23)/b16-4-,17-5-. The molecule has 2 heterocycles. The first-order valence-electron chi connectivity index (χ1n) is 6.62. The van der Waals surface area contributed by atoms with Crippen LogP contribution < -0.4 is 22.9 Å². The molecule has 0 aliphatic carbocycles. The van der Waals surface area contributed by atoms with Crippen LogP contribution in [-0.4, -0.2) is 42.3 Å². The molecule has 0 atom stereocenters. The third kappa shape index (κ3) is 5.45.